The summed E-state index contributed by atoms with van der Waals surface area (Å²) in [6.07, 6.45) is 0. The summed E-state index contributed by atoms with van der Waals surface area (Å²) in [6, 6.07) is 9.05. The van der Waals surface area contributed by atoms with Crippen molar-refractivity contribution in [2.45, 2.75) is 6.54 Å². The first-order valence-electron chi connectivity index (χ1n) is 6.86. The van der Waals surface area contributed by atoms with Crippen LogP contribution in [0.1, 0.15) is 10.4 Å². The summed E-state index contributed by atoms with van der Waals surface area (Å²) >= 11 is 0. The highest BCUT2D eigenvalue weighted by atomic mass is 19.1. The Labute approximate surface area is 133 Å². The van der Waals surface area contributed by atoms with E-state index in [2.05, 4.69) is 5.32 Å². The zero-order valence-electron chi connectivity index (χ0n) is 12.2. The molecule has 2 N–H and O–H groups in total. The molecule has 3 rings (SSSR count). The van der Waals surface area contributed by atoms with Crippen LogP contribution in [-0.4, -0.2) is 21.6 Å². The minimum absolute atomic E-state index is 0.0315. The van der Waals surface area contributed by atoms with Crippen LogP contribution in [0.2, 0.25) is 0 Å². The molecule has 1 amide bonds. The van der Waals surface area contributed by atoms with Crippen molar-refractivity contribution in [3.63, 3.8) is 0 Å². The van der Waals surface area contributed by atoms with Crippen molar-refractivity contribution in [3.8, 4) is 0 Å². The summed E-state index contributed by atoms with van der Waals surface area (Å²) in [6.45, 7) is -0.369. The summed E-state index contributed by atoms with van der Waals surface area (Å²) in [5.74, 6) is -2.91. The predicted molar refractivity (Wildman–Crippen MR) is 82.5 cm³/mol. The highest BCUT2D eigenvalue weighted by Crippen LogP contribution is 2.16. The van der Waals surface area contributed by atoms with Crippen molar-refractivity contribution in [1.82, 2.24) is 4.57 Å². The number of benzene rings is 2. The second-order valence-corrected chi connectivity index (χ2v) is 5.00. The third-order valence-corrected chi connectivity index (χ3v) is 3.34. The van der Waals surface area contributed by atoms with Gasteiger partial charge in [-0.2, -0.15) is 0 Å². The molecule has 3 aromatic rings. The van der Waals surface area contributed by atoms with E-state index in [1.807, 2.05) is 0 Å². The normalized spacial score (nSPS) is 10.7. The zero-order valence-corrected chi connectivity index (χ0v) is 12.2. The topological polar surface area (TPSA) is 102 Å². The molecule has 1 aromatic heterocycles. The van der Waals surface area contributed by atoms with Crippen molar-refractivity contribution in [3.05, 3.63) is 64.4 Å². The van der Waals surface area contributed by atoms with Crippen molar-refractivity contribution in [2.24, 2.45) is 0 Å². The molecule has 0 aliphatic heterocycles. The van der Waals surface area contributed by atoms with Crippen LogP contribution in [0.3, 0.4) is 0 Å². The lowest BCUT2D eigenvalue weighted by atomic mass is 10.2. The van der Waals surface area contributed by atoms with Crippen LogP contribution in [0, 0.1) is 5.82 Å². The number of rotatable bonds is 4. The van der Waals surface area contributed by atoms with Crippen LogP contribution in [0.4, 0.5) is 10.1 Å². The molecule has 0 fully saturated rings. The molecule has 0 bridgehead atoms. The highest BCUT2D eigenvalue weighted by Gasteiger charge is 2.15. The molecular formula is C16H11FN2O5. The van der Waals surface area contributed by atoms with Crippen LogP contribution in [-0.2, 0) is 11.3 Å². The van der Waals surface area contributed by atoms with Gasteiger partial charge in [0.05, 0.1) is 11.1 Å². The number of carboxylic acids is 1. The van der Waals surface area contributed by atoms with E-state index in [9.17, 15) is 18.8 Å². The van der Waals surface area contributed by atoms with E-state index in [0.717, 1.165) is 4.57 Å². The molecule has 2 aromatic carbocycles. The Balaban J connectivity index is 1.88. The van der Waals surface area contributed by atoms with Gasteiger partial charge in [0.1, 0.15) is 12.4 Å². The summed E-state index contributed by atoms with van der Waals surface area (Å²) in [5.41, 5.74) is 0.721. The largest absolute Gasteiger partial charge is 0.478 e. The predicted octanol–water partition coefficient (Wildman–Crippen LogP) is 2.07. The zero-order chi connectivity index (χ0) is 17.3. The maximum atomic E-state index is 12.8. The first kappa shape index (κ1) is 15.5. The van der Waals surface area contributed by atoms with Gasteiger partial charge in [0, 0.05) is 5.69 Å². The van der Waals surface area contributed by atoms with Gasteiger partial charge in [-0.05, 0) is 42.5 Å². The minimum atomic E-state index is -1.16. The second kappa shape index (κ2) is 5.99. The molecule has 0 spiro atoms. The van der Waals surface area contributed by atoms with Gasteiger partial charge in [-0.25, -0.2) is 14.0 Å². The SMILES string of the molecule is O=C(Cn1c(=O)oc2ccc(C(=O)O)cc21)Nc1ccc(F)cc1. The Morgan fingerprint density at radius 3 is 2.54 bits per heavy atom. The number of nitrogens with one attached hydrogen (secondary N) is 1. The third-order valence-electron chi connectivity index (χ3n) is 3.34. The molecule has 0 saturated carbocycles. The standard InChI is InChI=1S/C16H11FN2O5/c17-10-2-4-11(5-3-10)18-14(20)8-19-12-7-9(15(21)22)1-6-13(12)24-16(19)23/h1-7H,8H2,(H,18,20)(H,21,22). The number of anilines is 1. The molecule has 122 valence electrons. The number of nitrogens with zero attached hydrogens (tertiary/aromatic N) is 1. The van der Waals surface area contributed by atoms with E-state index in [-0.39, 0.29) is 23.2 Å². The maximum absolute atomic E-state index is 12.8. The number of halogens is 1. The average molecular weight is 330 g/mol. The molecule has 0 radical (unpaired) electrons. The first-order valence-corrected chi connectivity index (χ1v) is 6.86. The van der Waals surface area contributed by atoms with Crippen LogP contribution in [0.15, 0.2) is 51.7 Å². The first-order chi connectivity index (χ1) is 11.4. The van der Waals surface area contributed by atoms with Gasteiger partial charge in [0.25, 0.3) is 0 Å². The quantitative estimate of drug-likeness (QED) is 0.762. The number of carboxylic acid groups (broad SMARTS) is 1. The Bertz CT molecular complexity index is 988. The molecule has 0 aliphatic rings. The molecular weight excluding hydrogens is 319 g/mol. The van der Waals surface area contributed by atoms with Crippen molar-refractivity contribution >= 4 is 28.7 Å². The fraction of sp³-hybridized carbons (Fsp3) is 0.0625. The monoisotopic (exact) mass is 330 g/mol. The Kier molecular flexibility index (Phi) is 3.87. The lowest BCUT2D eigenvalue weighted by Gasteiger charge is -2.06. The molecule has 7 nitrogen and oxygen atoms in total. The van der Waals surface area contributed by atoms with Crippen LogP contribution < -0.4 is 11.1 Å². The van der Waals surface area contributed by atoms with E-state index in [1.165, 1.54) is 42.5 Å². The number of aromatic carboxylic acids is 1. The van der Waals surface area contributed by atoms with Crippen molar-refractivity contribution in [1.29, 1.82) is 0 Å². The highest BCUT2D eigenvalue weighted by molar-refractivity contribution is 5.93. The minimum Gasteiger partial charge on any atom is -0.478 e. The third kappa shape index (κ3) is 3.02. The van der Waals surface area contributed by atoms with Crippen molar-refractivity contribution < 1.29 is 23.5 Å². The fourth-order valence-corrected chi connectivity index (χ4v) is 2.22. The van der Waals surface area contributed by atoms with Gasteiger partial charge >= 0.3 is 11.7 Å². The number of aromatic nitrogens is 1. The molecule has 1 heterocycles. The van der Waals surface area contributed by atoms with Crippen LogP contribution in [0.5, 0.6) is 0 Å². The maximum Gasteiger partial charge on any atom is 0.420 e. The number of carbonyl (C=O) groups is 2. The lowest BCUT2D eigenvalue weighted by molar-refractivity contribution is -0.116. The summed E-state index contributed by atoms with van der Waals surface area (Å²) in [5, 5.41) is 11.5. The van der Waals surface area contributed by atoms with E-state index in [4.69, 9.17) is 9.52 Å². The van der Waals surface area contributed by atoms with Crippen LogP contribution >= 0.6 is 0 Å². The van der Waals surface area contributed by atoms with Gasteiger partial charge < -0.3 is 14.8 Å². The van der Waals surface area contributed by atoms with E-state index in [0.29, 0.717) is 5.69 Å². The lowest BCUT2D eigenvalue weighted by Crippen LogP contribution is -2.24. The van der Waals surface area contributed by atoms with Crippen LogP contribution in [0.25, 0.3) is 11.1 Å². The molecule has 8 heteroatoms. The number of hydrogen-bond donors (Lipinski definition) is 2. The Morgan fingerprint density at radius 1 is 1.17 bits per heavy atom. The number of carbonyl (C=O) groups excluding carboxylic acids is 1. The van der Waals surface area contributed by atoms with Gasteiger partial charge in [0.2, 0.25) is 5.91 Å². The number of fused-ring (bicyclic) bond motifs is 1. The summed E-state index contributed by atoms with van der Waals surface area (Å²) < 4.78 is 18.9. The average Bonchev–Trinajstić information content (AvgIpc) is 2.84. The number of hydrogen-bond acceptors (Lipinski definition) is 4. The van der Waals surface area contributed by atoms with E-state index < -0.39 is 23.4 Å². The van der Waals surface area contributed by atoms with Gasteiger partial charge in [-0.15, -0.1) is 0 Å². The Hall–Kier alpha value is -3.42. The van der Waals surface area contributed by atoms with E-state index >= 15 is 0 Å². The number of oxazole rings is 1. The fourth-order valence-electron chi connectivity index (χ4n) is 2.22. The molecule has 24 heavy (non-hydrogen) atoms. The summed E-state index contributed by atoms with van der Waals surface area (Å²) in [7, 11) is 0. The second-order valence-electron chi connectivity index (χ2n) is 5.00. The molecule has 0 aliphatic carbocycles. The molecule has 0 unspecified atom stereocenters. The van der Waals surface area contributed by atoms with Crippen molar-refractivity contribution in [2.75, 3.05) is 5.32 Å². The Morgan fingerprint density at radius 2 is 1.88 bits per heavy atom. The van der Waals surface area contributed by atoms with E-state index in [1.54, 1.807) is 0 Å². The number of amides is 1. The smallest absolute Gasteiger partial charge is 0.420 e. The van der Waals surface area contributed by atoms with Gasteiger partial charge in [0.15, 0.2) is 5.58 Å². The molecule has 0 saturated heterocycles. The van der Waals surface area contributed by atoms with Gasteiger partial charge in [-0.1, -0.05) is 0 Å². The van der Waals surface area contributed by atoms with Gasteiger partial charge in [-0.3, -0.25) is 9.36 Å². The summed E-state index contributed by atoms with van der Waals surface area (Å²) in [4.78, 5) is 35.0. The molecule has 0 atom stereocenters.